The molecule has 1 rings (SSSR count). The first-order chi connectivity index (χ1) is 13.9. The summed E-state index contributed by atoms with van der Waals surface area (Å²) in [6.45, 7) is 3.79. The van der Waals surface area contributed by atoms with Crippen molar-refractivity contribution in [2.45, 2.75) is 108 Å². The number of carbonyl (C=O) groups excluding carboxylic acids is 2. The van der Waals surface area contributed by atoms with Gasteiger partial charge >= 0.3 is 24.3 Å². The van der Waals surface area contributed by atoms with E-state index < -0.39 is 48.7 Å². The Morgan fingerprint density at radius 2 is 1.50 bits per heavy atom. The summed E-state index contributed by atoms with van der Waals surface area (Å²) in [5.74, 6) is -4.77. The number of alkyl halides is 6. The summed E-state index contributed by atoms with van der Waals surface area (Å²) in [7, 11) is 0. The van der Waals surface area contributed by atoms with Crippen molar-refractivity contribution < 1.29 is 50.1 Å². The third-order valence-electron chi connectivity index (χ3n) is 4.81. The largest absolute Gasteiger partial charge is 0.490 e. The predicted octanol–water partition coefficient (Wildman–Crippen LogP) is 5.25. The molecule has 0 unspecified atom stereocenters. The quantitative estimate of drug-likeness (QED) is 0.244. The second-order valence-electron chi connectivity index (χ2n) is 7.32. The highest BCUT2D eigenvalue weighted by Gasteiger charge is 2.49. The maximum atomic E-state index is 12.6. The molecule has 0 aromatic heterocycles. The molecular weight excluding hydrogens is 422 g/mol. The van der Waals surface area contributed by atoms with Gasteiger partial charge in [0.25, 0.3) is 0 Å². The summed E-state index contributed by atoms with van der Waals surface area (Å²) in [5.41, 5.74) is 0. The van der Waals surface area contributed by atoms with Crippen LogP contribution in [0.25, 0.3) is 0 Å². The van der Waals surface area contributed by atoms with Gasteiger partial charge in [-0.25, -0.2) is 9.59 Å². The van der Waals surface area contributed by atoms with Gasteiger partial charge in [-0.1, -0.05) is 46.0 Å². The monoisotopic (exact) mass is 450 g/mol. The Kier molecular flexibility index (Phi) is 10.4. The smallest absolute Gasteiger partial charge is 0.453 e. The minimum atomic E-state index is -5.20. The summed E-state index contributed by atoms with van der Waals surface area (Å²) in [4.78, 5) is 22.6. The molecule has 0 spiro atoms. The number of ether oxygens (including phenoxy) is 3. The van der Waals surface area contributed by atoms with Gasteiger partial charge in [0.2, 0.25) is 0 Å². The van der Waals surface area contributed by atoms with Crippen molar-refractivity contribution >= 4 is 11.9 Å². The Hall–Kier alpha value is -1.52. The van der Waals surface area contributed by atoms with Gasteiger partial charge in [0.15, 0.2) is 0 Å². The van der Waals surface area contributed by atoms with Crippen molar-refractivity contribution in [1.29, 1.82) is 0 Å². The zero-order valence-electron chi connectivity index (χ0n) is 17.0. The van der Waals surface area contributed by atoms with Crippen LogP contribution in [-0.4, -0.2) is 48.7 Å². The first kappa shape index (κ1) is 26.5. The van der Waals surface area contributed by atoms with Crippen molar-refractivity contribution in [1.82, 2.24) is 0 Å². The first-order valence-electron chi connectivity index (χ1n) is 10.1. The maximum Gasteiger partial charge on any atom is 0.490 e. The molecule has 0 aromatic carbocycles. The van der Waals surface area contributed by atoms with Crippen LogP contribution < -0.4 is 0 Å². The Balaban J connectivity index is 2.93. The average Bonchev–Trinajstić information content (AvgIpc) is 3.02. The zero-order chi connectivity index (χ0) is 22.9. The van der Waals surface area contributed by atoms with Crippen LogP contribution in [0.3, 0.4) is 0 Å². The normalized spacial score (nSPS) is 23.3. The van der Waals surface area contributed by atoms with Gasteiger partial charge in [0.1, 0.15) is 12.2 Å². The molecule has 5 nitrogen and oxygen atoms in total. The summed E-state index contributed by atoms with van der Waals surface area (Å²) in [5, 5.41) is 0. The van der Waals surface area contributed by atoms with Crippen molar-refractivity contribution in [3.63, 3.8) is 0 Å². The molecule has 0 saturated carbocycles. The Morgan fingerprint density at radius 1 is 0.933 bits per heavy atom. The van der Waals surface area contributed by atoms with E-state index >= 15 is 0 Å². The molecule has 0 aliphatic carbocycles. The highest BCUT2D eigenvalue weighted by atomic mass is 19.4. The number of hydrogen-bond donors (Lipinski definition) is 0. The predicted molar refractivity (Wildman–Crippen MR) is 93.4 cm³/mol. The van der Waals surface area contributed by atoms with Crippen LogP contribution in [0, 0.1) is 0 Å². The molecule has 1 fully saturated rings. The number of unbranched alkanes of at least 4 members (excludes halogenated alkanes) is 4. The van der Waals surface area contributed by atoms with Crippen LogP contribution >= 0.6 is 0 Å². The molecule has 1 heterocycles. The summed E-state index contributed by atoms with van der Waals surface area (Å²) >= 11 is 0. The molecule has 176 valence electrons. The minimum Gasteiger partial charge on any atom is -0.453 e. The minimum absolute atomic E-state index is 0.0575. The molecule has 1 aliphatic rings. The van der Waals surface area contributed by atoms with Crippen molar-refractivity contribution in [2.24, 2.45) is 0 Å². The number of carbonyl (C=O) groups is 2. The number of halogens is 6. The number of hydrogen-bond acceptors (Lipinski definition) is 5. The Morgan fingerprint density at radius 3 is 2.03 bits per heavy atom. The van der Waals surface area contributed by atoms with Crippen LogP contribution in [0.1, 0.15) is 71.6 Å². The molecule has 30 heavy (non-hydrogen) atoms. The van der Waals surface area contributed by atoms with Crippen LogP contribution in [0.5, 0.6) is 0 Å². The molecule has 11 heteroatoms. The van der Waals surface area contributed by atoms with Gasteiger partial charge in [-0.2, -0.15) is 26.3 Å². The fraction of sp³-hybridized carbons (Fsp3) is 0.895. The van der Waals surface area contributed by atoms with Gasteiger partial charge in [0, 0.05) is 6.42 Å². The Labute approximate surface area is 171 Å². The van der Waals surface area contributed by atoms with Crippen LogP contribution in [0.4, 0.5) is 26.3 Å². The molecule has 0 radical (unpaired) electrons. The van der Waals surface area contributed by atoms with Crippen LogP contribution in [0.15, 0.2) is 0 Å². The van der Waals surface area contributed by atoms with Crippen molar-refractivity contribution in [2.75, 3.05) is 0 Å². The SMILES string of the molecule is CCCCC[C@@H](OC(=O)C(F)(F)F)[C@H]1C[C@@H](OC(=O)C(F)(F)F)[C@@H](CCCCC)O1. The van der Waals surface area contributed by atoms with E-state index in [9.17, 15) is 35.9 Å². The lowest BCUT2D eigenvalue weighted by molar-refractivity contribution is -0.211. The van der Waals surface area contributed by atoms with E-state index in [1.165, 1.54) is 0 Å². The topological polar surface area (TPSA) is 61.8 Å². The standard InChI is InChI=1S/C19H28F6O5/c1-3-5-7-9-12-15(30-17(27)19(23,24)25)11-14(28-12)13(10-8-6-4-2)29-16(26)18(20,21)22/h12-15H,3-11H2,1-2H3/t12-,13-,14-,15-/m1/s1. The van der Waals surface area contributed by atoms with Crippen LogP contribution in [-0.2, 0) is 23.8 Å². The zero-order valence-corrected chi connectivity index (χ0v) is 17.0. The van der Waals surface area contributed by atoms with E-state index in [0.717, 1.165) is 19.3 Å². The molecular formula is C19H28F6O5. The van der Waals surface area contributed by atoms with Gasteiger partial charge in [-0.05, 0) is 19.3 Å². The van der Waals surface area contributed by atoms with Gasteiger partial charge in [0.05, 0.1) is 12.2 Å². The lowest BCUT2D eigenvalue weighted by Gasteiger charge is -2.24. The first-order valence-corrected chi connectivity index (χ1v) is 10.1. The fourth-order valence-corrected chi connectivity index (χ4v) is 3.29. The van der Waals surface area contributed by atoms with E-state index in [4.69, 9.17) is 4.74 Å². The maximum absolute atomic E-state index is 12.6. The molecule has 0 aromatic rings. The van der Waals surface area contributed by atoms with Gasteiger partial charge in [-0.15, -0.1) is 0 Å². The third-order valence-corrected chi connectivity index (χ3v) is 4.81. The van der Waals surface area contributed by atoms with E-state index in [1.807, 2.05) is 13.8 Å². The summed E-state index contributed by atoms with van der Waals surface area (Å²) in [6, 6.07) is 0. The highest BCUT2D eigenvalue weighted by molar-refractivity contribution is 5.76. The fourth-order valence-electron chi connectivity index (χ4n) is 3.29. The van der Waals surface area contributed by atoms with Gasteiger partial charge < -0.3 is 14.2 Å². The van der Waals surface area contributed by atoms with Crippen LogP contribution in [0.2, 0.25) is 0 Å². The van der Waals surface area contributed by atoms with Crippen molar-refractivity contribution in [3.05, 3.63) is 0 Å². The van der Waals surface area contributed by atoms with E-state index in [0.29, 0.717) is 19.3 Å². The summed E-state index contributed by atoms with van der Waals surface area (Å²) < 4.78 is 90.5. The number of esters is 2. The lowest BCUT2D eigenvalue weighted by atomic mass is 10.0. The Bertz CT molecular complexity index is 549. The number of rotatable bonds is 11. The van der Waals surface area contributed by atoms with Gasteiger partial charge in [-0.3, -0.25) is 0 Å². The molecule has 0 bridgehead atoms. The molecule has 0 amide bonds. The molecule has 0 N–H and O–H groups in total. The molecule has 1 aliphatic heterocycles. The molecule has 1 saturated heterocycles. The average molecular weight is 450 g/mol. The second kappa shape index (κ2) is 11.8. The summed E-state index contributed by atoms with van der Waals surface area (Å²) in [6.07, 6.45) is -10.9. The molecule has 4 atom stereocenters. The van der Waals surface area contributed by atoms with E-state index in [1.54, 1.807) is 0 Å². The lowest BCUT2D eigenvalue weighted by Crippen LogP contribution is -2.37. The second-order valence-corrected chi connectivity index (χ2v) is 7.32. The highest BCUT2D eigenvalue weighted by Crippen LogP contribution is 2.34. The van der Waals surface area contributed by atoms with E-state index in [-0.39, 0.29) is 19.3 Å². The van der Waals surface area contributed by atoms with E-state index in [2.05, 4.69) is 9.47 Å². The third kappa shape index (κ3) is 8.69. The van der Waals surface area contributed by atoms with Crippen molar-refractivity contribution in [3.8, 4) is 0 Å².